The highest BCUT2D eigenvalue weighted by Crippen LogP contribution is 2.36. The first kappa shape index (κ1) is 12.5. The van der Waals surface area contributed by atoms with Crippen LogP contribution in [0.2, 0.25) is 0 Å². The predicted molar refractivity (Wildman–Crippen MR) is 70.3 cm³/mol. The van der Waals surface area contributed by atoms with Gasteiger partial charge in [-0.15, -0.1) is 6.58 Å². The van der Waals surface area contributed by atoms with Gasteiger partial charge in [-0.05, 0) is 33.8 Å². The highest BCUT2D eigenvalue weighted by Gasteiger charge is 2.51. The van der Waals surface area contributed by atoms with Gasteiger partial charge in [0.05, 0.1) is 11.2 Å². The lowest BCUT2D eigenvalue weighted by Crippen LogP contribution is -2.41. The highest BCUT2D eigenvalue weighted by molar-refractivity contribution is 6.62. The van der Waals surface area contributed by atoms with E-state index in [1.54, 1.807) is 0 Å². The summed E-state index contributed by atoms with van der Waals surface area (Å²) in [5.74, 6) is 0. The van der Waals surface area contributed by atoms with Crippen molar-refractivity contribution in [1.29, 1.82) is 0 Å². The Morgan fingerprint density at radius 3 is 2.41 bits per heavy atom. The van der Waals surface area contributed by atoms with Gasteiger partial charge >= 0.3 is 7.12 Å². The van der Waals surface area contributed by atoms with Gasteiger partial charge in [0.15, 0.2) is 0 Å². The molecule has 1 fully saturated rings. The van der Waals surface area contributed by atoms with Crippen LogP contribution in [0.15, 0.2) is 31.1 Å². The third-order valence-electron chi connectivity index (χ3n) is 3.64. The molecule has 1 aromatic heterocycles. The molecule has 0 saturated carbocycles. The van der Waals surface area contributed by atoms with Gasteiger partial charge in [0.1, 0.15) is 0 Å². The summed E-state index contributed by atoms with van der Waals surface area (Å²) in [6.45, 7) is 12.8. The van der Waals surface area contributed by atoms with Crippen LogP contribution in [-0.4, -0.2) is 22.9 Å². The van der Waals surface area contributed by atoms with E-state index in [-0.39, 0.29) is 18.3 Å². The van der Waals surface area contributed by atoms with Crippen LogP contribution in [-0.2, 0) is 15.9 Å². The van der Waals surface area contributed by atoms with Crippen molar-refractivity contribution in [2.75, 3.05) is 0 Å². The third-order valence-corrected chi connectivity index (χ3v) is 3.64. The molecule has 0 atom stereocenters. The largest absolute Gasteiger partial charge is 0.496 e. The van der Waals surface area contributed by atoms with E-state index in [9.17, 15) is 0 Å². The Hall–Kier alpha value is -0.995. The molecule has 0 N–H and O–H groups in total. The Morgan fingerprint density at radius 2 is 1.88 bits per heavy atom. The quantitative estimate of drug-likeness (QED) is 0.588. The lowest BCUT2D eigenvalue weighted by atomic mass is 9.81. The van der Waals surface area contributed by atoms with Gasteiger partial charge in [-0.2, -0.15) is 0 Å². The van der Waals surface area contributed by atoms with Crippen molar-refractivity contribution in [2.45, 2.75) is 45.4 Å². The molecule has 2 heterocycles. The van der Waals surface area contributed by atoms with Crippen LogP contribution in [0.1, 0.15) is 27.7 Å². The van der Waals surface area contributed by atoms with Crippen molar-refractivity contribution in [3.8, 4) is 0 Å². The number of rotatable bonds is 3. The fraction of sp³-hybridized carbons (Fsp3) is 0.538. The summed E-state index contributed by atoms with van der Waals surface area (Å²) in [7, 11) is -0.272. The SMILES string of the molecule is C=CCn1ccc(B2OC(C)(C)C(C)(C)O2)c1. The van der Waals surface area contributed by atoms with E-state index < -0.39 is 0 Å². The summed E-state index contributed by atoms with van der Waals surface area (Å²) in [6.07, 6.45) is 5.93. The zero-order valence-corrected chi connectivity index (χ0v) is 11.1. The minimum Gasteiger partial charge on any atom is -0.399 e. The summed E-state index contributed by atoms with van der Waals surface area (Å²) >= 11 is 0. The van der Waals surface area contributed by atoms with Gasteiger partial charge in [0.2, 0.25) is 0 Å². The lowest BCUT2D eigenvalue weighted by molar-refractivity contribution is 0.00578. The molecular formula is C13H20BNO2. The van der Waals surface area contributed by atoms with Crippen molar-refractivity contribution in [2.24, 2.45) is 0 Å². The van der Waals surface area contributed by atoms with E-state index in [0.29, 0.717) is 0 Å². The number of nitrogens with zero attached hydrogens (tertiary/aromatic N) is 1. The standard InChI is InChI=1S/C13H20BNO2/c1-6-8-15-9-7-11(10-15)14-16-12(2,3)13(4,5)17-14/h6-7,9-10H,1,8H2,2-5H3. The summed E-state index contributed by atoms with van der Waals surface area (Å²) < 4.78 is 14.0. The number of hydrogen-bond donors (Lipinski definition) is 0. The monoisotopic (exact) mass is 233 g/mol. The average Bonchev–Trinajstić information content (AvgIpc) is 2.71. The van der Waals surface area contributed by atoms with Gasteiger partial charge in [0.25, 0.3) is 0 Å². The summed E-state index contributed by atoms with van der Waals surface area (Å²) in [6, 6.07) is 2.03. The van der Waals surface area contributed by atoms with Gasteiger partial charge in [-0.1, -0.05) is 6.08 Å². The van der Waals surface area contributed by atoms with E-state index in [2.05, 4.69) is 38.8 Å². The molecule has 4 heteroatoms. The molecule has 3 nitrogen and oxygen atoms in total. The zero-order valence-electron chi connectivity index (χ0n) is 11.1. The molecule has 0 amide bonds. The van der Waals surface area contributed by atoms with E-state index in [0.717, 1.165) is 12.0 Å². The molecule has 0 aliphatic carbocycles. The van der Waals surface area contributed by atoms with E-state index in [4.69, 9.17) is 9.31 Å². The van der Waals surface area contributed by atoms with Gasteiger partial charge < -0.3 is 13.9 Å². The Bertz CT molecular complexity index is 407. The molecule has 0 spiro atoms. The van der Waals surface area contributed by atoms with Gasteiger partial charge in [0, 0.05) is 24.4 Å². The fourth-order valence-electron chi connectivity index (χ4n) is 1.84. The Kier molecular flexibility index (Phi) is 2.96. The van der Waals surface area contributed by atoms with Crippen LogP contribution >= 0.6 is 0 Å². The second-order valence-corrected chi connectivity index (χ2v) is 5.52. The minimum atomic E-state index is -0.280. The molecule has 2 rings (SSSR count). The normalized spacial score (nSPS) is 21.8. The molecule has 0 radical (unpaired) electrons. The van der Waals surface area contributed by atoms with Crippen molar-refractivity contribution in [3.63, 3.8) is 0 Å². The van der Waals surface area contributed by atoms with E-state index in [1.807, 2.05) is 24.5 Å². The Labute approximate surface area is 104 Å². The maximum absolute atomic E-state index is 5.98. The van der Waals surface area contributed by atoms with Crippen molar-refractivity contribution < 1.29 is 9.31 Å². The zero-order chi connectivity index (χ0) is 12.7. The molecule has 0 aromatic carbocycles. The molecule has 1 aliphatic heterocycles. The molecule has 0 bridgehead atoms. The first-order chi connectivity index (χ1) is 7.86. The molecule has 0 unspecified atom stereocenters. The summed E-state index contributed by atoms with van der Waals surface area (Å²) in [4.78, 5) is 0. The smallest absolute Gasteiger partial charge is 0.399 e. The van der Waals surface area contributed by atoms with E-state index in [1.165, 1.54) is 0 Å². The number of hydrogen-bond acceptors (Lipinski definition) is 2. The number of allylic oxidation sites excluding steroid dienone is 1. The average molecular weight is 233 g/mol. The maximum atomic E-state index is 5.98. The van der Waals surface area contributed by atoms with E-state index >= 15 is 0 Å². The Balaban J connectivity index is 2.17. The van der Waals surface area contributed by atoms with Gasteiger partial charge in [-0.3, -0.25) is 0 Å². The molecule has 1 aliphatic rings. The molecule has 92 valence electrons. The van der Waals surface area contributed by atoms with Crippen LogP contribution in [0.25, 0.3) is 0 Å². The fourth-order valence-corrected chi connectivity index (χ4v) is 1.84. The van der Waals surface area contributed by atoms with Crippen LogP contribution in [0, 0.1) is 0 Å². The molecule has 1 saturated heterocycles. The second-order valence-electron chi connectivity index (χ2n) is 5.52. The maximum Gasteiger partial charge on any atom is 0.496 e. The highest BCUT2D eigenvalue weighted by atomic mass is 16.7. The second kappa shape index (κ2) is 4.04. The molecule has 17 heavy (non-hydrogen) atoms. The van der Waals surface area contributed by atoms with Gasteiger partial charge in [-0.25, -0.2) is 0 Å². The minimum absolute atomic E-state index is 0.272. The topological polar surface area (TPSA) is 23.4 Å². The first-order valence-electron chi connectivity index (χ1n) is 5.98. The molecular weight excluding hydrogens is 213 g/mol. The summed E-state index contributed by atoms with van der Waals surface area (Å²) in [5, 5.41) is 0. The van der Waals surface area contributed by atoms with Crippen LogP contribution in [0.3, 0.4) is 0 Å². The lowest BCUT2D eigenvalue weighted by Gasteiger charge is -2.32. The Morgan fingerprint density at radius 1 is 1.29 bits per heavy atom. The number of aromatic nitrogens is 1. The molecule has 1 aromatic rings. The van der Waals surface area contributed by atoms with Crippen LogP contribution in [0.5, 0.6) is 0 Å². The van der Waals surface area contributed by atoms with Crippen molar-refractivity contribution in [1.82, 2.24) is 4.57 Å². The third kappa shape index (κ3) is 2.19. The van der Waals surface area contributed by atoms with Crippen LogP contribution in [0.4, 0.5) is 0 Å². The predicted octanol–water partition coefficient (Wildman–Crippen LogP) is 1.97. The van der Waals surface area contributed by atoms with Crippen molar-refractivity contribution >= 4 is 12.6 Å². The van der Waals surface area contributed by atoms with Crippen molar-refractivity contribution in [3.05, 3.63) is 31.1 Å². The van der Waals surface area contributed by atoms with Crippen LogP contribution < -0.4 is 5.46 Å². The summed E-state index contributed by atoms with van der Waals surface area (Å²) in [5.41, 5.74) is 0.502. The first-order valence-corrected chi connectivity index (χ1v) is 5.98.